The van der Waals surface area contributed by atoms with E-state index < -0.39 is 0 Å². The van der Waals surface area contributed by atoms with Gasteiger partial charge in [0.1, 0.15) is 0 Å². The van der Waals surface area contributed by atoms with Crippen molar-refractivity contribution in [3.8, 4) is 11.5 Å². The van der Waals surface area contributed by atoms with Gasteiger partial charge in [-0.05, 0) is 54.0 Å². The maximum absolute atomic E-state index is 5.95. The third kappa shape index (κ3) is 3.41. The molecule has 0 fully saturated rings. The zero-order valence-corrected chi connectivity index (χ0v) is 14.7. The molecule has 0 saturated carbocycles. The molecule has 5 heteroatoms. The maximum atomic E-state index is 5.95. The van der Waals surface area contributed by atoms with Crippen LogP contribution in [0.1, 0.15) is 29.7 Å². The Morgan fingerprint density at radius 1 is 1.00 bits per heavy atom. The van der Waals surface area contributed by atoms with E-state index in [0.29, 0.717) is 0 Å². The Labute approximate surface area is 147 Å². The number of halogens is 2. The molecule has 1 unspecified atom stereocenters. The molecule has 0 aliphatic carbocycles. The molecule has 3 rings (SSSR count). The second kappa shape index (κ2) is 7.16. The van der Waals surface area contributed by atoms with E-state index in [4.69, 9.17) is 26.4 Å². The van der Waals surface area contributed by atoms with E-state index in [1.54, 1.807) is 14.2 Å². The average molecular weight is 351 g/mol. The highest BCUT2D eigenvalue weighted by Crippen LogP contribution is 2.38. The first-order valence-corrected chi connectivity index (χ1v) is 7.44. The SMILES string of the molecule is COc1cc2c(cc1OC)C(C)[N]C(c1ccc(Cl)cc1)=C2.Cl. The van der Waals surface area contributed by atoms with Crippen LogP contribution in [0.3, 0.4) is 0 Å². The van der Waals surface area contributed by atoms with Crippen LogP contribution in [-0.4, -0.2) is 14.2 Å². The normalized spacial score (nSPS) is 15.7. The number of nitrogens with zero attached hydrogens (tertiary/aromatic N) is 1. The van der Waals surface area contributed by atoms with Gasteiger partial charge in [-0.2, -0.15) is 0 Å². The van der Waals surface area contributed by atoms with Crippen molar-refractivity contribution < 1.29 is 9.47 Å². The predicted octanol–water partition coefficient (Wildman–Crippen LogP) is 4.96. The zero-order chi connectivity index (χ0) is 15.7. The van der Waals surface area contributed by atoms with Gasteiger partial charge >= 0.3 is 0 Å². The van der Waals surface area contributed by atoms with Crippen molar-refractivity contribution in [2.75, 3.05) is 14.2 Å². The second-order valence-electron chi connectivity index (χ2n) is 5.18. The number of ether oxygens (including phenoxy) is 2. The lowest BCUT2D eigenvalue weighted by Crippen LogP contribution is -2.15. The maximum Gasteiger partial charge on any atom is 0.161 e. The van der Waals surface area contributed by atoms with Crippen molar-refractivity contribution in [2.24, 2.45) is 0 Å². The number of hydrogen-bond acceptors (Lipinski definition) is 2. The minimum atomic E-state index is 0. The van der Waals surface area contributed by atoms with Gasteiger partial charge in [0.2, 0.25) is 0 Å². The molecule has 0 bridgehead atoms. The molecule has 0 N–H and O–H groups in total. The first-order chi connectivity index (χ1) is 10.6. The van der Waals surface area contributed by atoms with Gasteiger partial charge in [0.05, 0.1) is 26.0 Å². The first-order valence-electron chi connectivity index (χ1n) is 7.06. The van der Waals surface area contributed by atoms with E-state index in [0.717, 1.165) is 38.9 Å². The van der Waals surface area contributed by atoms with Crippen LogP contribution in [0.15, 0.2) is 36.4 Å². The highest BCUT2D eigenvalue weighted by Gasteiger charge is 2.22. The van der Waals surface area contributed by atoms with Crippen molar-refractivity contribution in [3.63, 3.8) is 0 Å². The third-order valence-electron chi connectivity index (χ3n) is 3.80. The van der Waals surface area contributed by atoms with Crippen molar-refractivity contribution in [3.05, 3.63) is 58.1 Å². The molecule has 1 atom stereocenters. The van der Waals surface area contributed by atoms with Gasteiger partial charge in [-0.15, -0.1) is 12.4 Å². The van der Waals surface area contributed by atoms with E-state index in [1.165, 1.54) is 0 Å². The van der Waals surface area contributed by atoms with Crippen LogP contribution in [0.2, 0.25) is 5.02 Å². The molecule has 0 amide bonds. The molecule has 1 aliphatic rings. The standard InChI is InChI=1S/C18H17ClNO2.ClH/c1-11-15-10-18(22-3)17(21-2)9-13(15)8-16(20-11)12-4-6-14(19)7-5-12;/h4-11H,1-3H3;1H. The Kier molecular flexibility index (Phi) is 5.45. The van der Waals surface area contributed by atoms with Gasteiger partial charge in [-0.25, -0.2) is 0 Å². The summed E-state index contributed by atoms with van der Waals surface area (Å²) in [5.41, 5.74) is 4.24. The summed E-state index contributed by atoms with van der Waals surface area (Å²) in [4.78, 5) is 0. The lowest BCUT2D eigenvalue weighted by molar-refractivity contribution is 0.354. The van der Waals surface area contributed by atoms with Crippen LogP contribution < -0.4 is 14.8 Å². The fourth-order valence-electron chi connectivity index (χ4n) is 2.64. The van der Waals surface area contributed by atoms with Gasteiger partial charge in [0.25, 0.3) is 0 Å². The van der Waals surface area contributed by atoms with E-state index in [2.05, 4.69) is 13.0 Å². The smallest absolute Gasteiger partial charge is 0.161 e. The Morgan fingerprint density at radius 3 is 2.22 bits per heavy atom. The Hall–Kier alpha value is -1.84. The van der Waals surface area contributed by atoms with Crippen LogP contribution in [0, 0.1) is 0 Å². The molecule has 2 aromatic rings. The monoisotopic (exact) mass is 350 g/mol. The van der Waals surface area contributed by atoms with Crippen molar-refractivity contribution >= 4 is 35.8 Å². The number of rotatable bonds is 3. The first kappa shape index (κ1) is 17.5. The average Bonchev–Trinajstić information content (AvgIpc) is 2.54. The quantitative estimate of drug-likeness (QED) is 0.783. The number of hydrogen-bond donors (Lipinski definition) is 0. The largest absolute Gasteiger partial charge is 0.493 e. The minimum absolute atomic E-state index is 0. The summed E-state index contributed by atoms with van der Waals surface area (Å²) < 4.78 is 10.8. The van der Waals surface area contributed by atoms with Crippen LogP contribution in [0.5, 0.6) is 11.5 Å². The van der Waals surface area contributed by atoms with E-state index in [-0.39, 0.29) is 18.4 Å². The van der Waals surface area contributed by atoms with E-state index in [1.807, 2.05) is 36.4 Å². The summed E-state index contributed by atoms with van der Waals surface area (Å²) in [6, 6.07) is 11.8. The summed E-state index contributed by atoms with van der Waals surface area (Å²) in [5.74, 6) is 1.45. The zero-order valence-electron chi connectivity index (χ0n) is 13.2. The summed E-state index contributed by atoms with van der Waals surface area (Å²) in [7, 11) is 3.29. The van der Waals surface area contributed by atoms with Crippen LogP contribution >= 0.6 is 24.0 Å². The molecule has 0 aromatic heterocycles. The van der Waals surface area contributed by atoms with Gasteiger partial charge in [0.15, 0.2) is 11.5 Å². The van der Waals surface area contributed by atoms with Crippen molar-refractivity contribution in [1.82, 2.24) is 5.32 Å². The lowest BCUT2D eigenvalue weighted by atomic mass is 9.94. The fourth-order valence-corrected chi connectivity index (χ4v) is 2.76. The van der Waals surface area contributed by atoms with Crippen molar-refractivity contribution in [2.45, 2.75) is 13.0 Å². The fraction of sp³-hybridized carbons (Fsp3) is 0.222. The second-order valence-corrected chi connectivity index (χ2v) is 5.61. The molecular weight excluding hydrogens is 333 g/mol. The van der Waals surface area contributed by atoms with Crippen LogP contribution in [0.25, 0.3) is 11.8 Å². The Morgan fingerprint density at radius 2 is 1.61 bits per heavy atom. The molecule has 0 spiro atoms. The van der Waals surface area contributed by atoms with Crippen molar-refractivity contribution in [1.29, 1.82) is 0 Å². The van der Waals surface area contributed by atoms with Crippen LogP contribution in [-0.2, 0) is 0 Å². The minimum Gasteiger partial charge on any atom is -0.493 e. The number of methoxy groups -OCH3 is 2. The molecule has 1 heterocycles. The molecule has 1 aliphatic heterocycles. The summed E-state index contributed by atoms with van der Waals surface area (Å²) in [5, 5.41) is 5.50. The van der Waals surface area contributed by atoms with Gasteiger partial charge in [-0.3, -0.25) is 5.32 Å². The van der Waals surface area contributed by atoms with Gasteiger partial charge in [-0.1, -0.05) is 23.7 Å². The number of benzene rings is 2. The van der Waals surface area contributed by atoms with Crippen LogP contribution in [0.4, 0.5) is 0 Å². The van der Waals surface area contributed by atoms with E-state index in [9.17, 15) is 0 Å². The third-order valence-corrected chi connectivity index (χ3v) is 4.06. The predicted molar refractivity (Wildman–Crippen MR) is 96.7 cm³/mol. The molecular formula is C18H18Cl2NO2. The van der Waals surface area contributed by atoms with Gasteiger partial charge in [0, 0.05) is 5.02 Å². The van der Waals surface area contributed by atoms with E-state index >= 15 is 0 Å². The highest BCUT2D eigenvalue weighted by molar-refractivity contribution is 6.30. The molecule has 23 heavy (non-hydrogen) atoms. The summed E-state index contributed by atoms with van der Waals surface area (Å²) >= 11 is 5.95. The highest BCUT2D eigenvalue weighted by atomic mass is 35.5. The molecule has 2 aromatic carbocycles. The number of fused-ring (bicyclic) bond motifs is 1. The Bertz CT molecular complexity index is 727. The molecule has 3 nitrogen and oxygen atoms in total. The molecule has 1 radical (unpaired) electrons. The summed E-state index contributed by atoms with van der Waals surface area (Å²) in [6.45, 7) is 2.08. The summed E-state index contributed by atoms with van der Waals surface area (Å²) in [6.07, 6.45) is 2.07. The Balaban J connectivity index is 0.00000192. The molecule has 121 valence electrons. The lowest BCUT2D eigenvalue weighted by Gasteiger charge is -2.24. The topological polar surface area (TPSA) is 32.6 Å². The van der Waals surface area contributed by atoms with Gasteiger partial charge < -0.3 is 9.47 Å². The molecule has 0 saturated heterocycles.